The Bertz CT molecular complexity index is 532. The van der Waals surface area contributed by atoms with Crippen molar-refractivity contribution < 1.29 is 4.18 Å². The zero-order valence-corrected chi connectivity index (χ0v) is 14.3. The zero-order valence-electron chi connectivity index (χ0n) is 13.5. The van der Waals surface area contributed by atoms with Gasteiger partial charge in [-0.05, 0) is 81.8 Å². The Morgan fingerprint density at radius 1 is 1.27 bits per heavy atom. The third-order valence-electron chi connectivity index (χ3n) is 5.83. The van der Waals surface area contributed by atoms with Crippen LogP contribution in [0.4, 0.5) is 0 Å². The van der Waals surface area contributed by atoms with E-state index in [1.54, 1.807) is 11.6 Å². The van der Waals surface area contributed by atoms with Crippen LogP contribution in [0.15, 0.2) is 47.3 Å². The maximum atomic E-state index is 5.43. The first-order valence-electron chi connectivity index (χ1n) is 8.47. The van der Waals surface area contributed by atoms with Gasteiger partial charge in [-0.3, -0.25) is 0 Å². The van der Waals surface area contributed by atoms with Crippen LogP contribution in [0.5, 0.6) is 0 Å². The highest BCUT2D eigenvalue weighted by Gasteiger charge is 2.40. The third-order valence-corrected chi connectivity index (χ3v) is 6.12. The quantitative estimate of drug-likeness (QED) is 0.246. The summed E-state index contributed by atoms with van der Waals surface area (Å²) in [5.41, 5.74) is 5.05. The molecule has 0 aliphatic heterocycles. The molecule has 3 atom stereocenters. The Hall–Kier alpha value is -0.930. The highest BCUT2D eigenvalue weighted by Crippen LogP contribution is 2.53. The van der Waals surface area contributed by atoms with Crippen molar-refractivity contribution in [3.8, 4) is 0 Å². The number of fused-ring (bicyclic) bond motifs is 3. The number of allylic oxidation sites excluding steroid dienone is 6. The lowest BCUT2D eigenvalue weighted by Crippen LogP contribution is -2.32. The summed E-state index contributed by atoms with van der Waals surface area (Å²) in [4.78, 5) is 0. The first-order chi connectivity index (χ1) is 10.7. The molecule has 3 aliphatic carbocycles. The maximum Gasteiger partial charge on any atom is 0.140 e. The van der Waals surface area contributed by atoms with Crippen LogP contribution in [-0.2, 0) is 4.18 Å². The Balaban J connectivity index is 1.70. The van der Waals surface area contributed by atoms with Crippen molar-refractivity contribution in [3.05, 3.63) is 47.3 Å². The molecule has 0 heterocycles. The number of rotatable bonds is 4. The van der Waals surface area contributed by atoms with Crippen LogP contribution in [0.2, 0.25) is 0 Å². The summed E-state index contributed by atoms with van der Waals surface area (Å²) in [5.74, 6) is 3.52. The molecule has 0 saturated heterocycles. The van der Waals surface area contributed by atoms with Crippen molar-refractivity contribution in [3.63, 3.8) is 0 Å². The summed E-state index contributed by atoms with van der Waals surface area (Å²) in [7, 11) is 0. The maximum absolute atomic E-state index is 5.43. The van der Waals surface area contributed by atoms with Crippen LogP contribution in [0, 0.1) is 17.8 Å². The van der Waals surface area contributed by atoms with E-state index in [0.29, 0.717) is 0 Å². The van der Waals surface area contributed by atoms with Gasteiger partial charge >= 0.3 is 0 Å². The SMILES string of the molecule is C=C/C=C(\C=C1\CCC2C(CCC3=C(C)CCC32)C1)OSN. The van der Waals surface area contributed by atoms with E-state index >= 15 is 0 Å². The smallest absolute Gasteiger partial charge is 0.140 e. The molecule has 2 nitrogen and oxygen atoms in total. The molecule has 0 spiro atoms. The number of hydrogen-bond acceptors (Lipinski definition) is 3. The molecule has 0 bridgehead atoms. The van der Waals surface area contributed by atoms with Crippen LogP contribution in [0.25, 0.3) is 0 Å². The topological polar surface area (TPSA) is 35.2 Å². The van der Waals surface area contributed by atoms with Crippen LogP contribution in [0.3, 0.4) is 0 Å². The van der Waals surface area contributed by atoms with Crippen molar-refractivity contribution in [1.82, 2.24) is 0 Å². The van der Waals surface area contributed by atoms with Crippen LogP contribution in [-0.4, -0.2) is 0 Å². The molecule has 3 rings (SSSR count). The molecule has 0 aromatic carbocycles. The molecule has 2 N–H and O–H groups in total. The average Bonchev–Trinajstić information content (AvgIpc) is 2.89. The second-order valence-corrected chi connectivity index (χ2v) is 7.30. The fourth-order valence-electron chi connectivity index (χ4n) is 4.86. The molecular weight excluding hydrogens is 290 g/mol. The van der Waals surface area contributed by atoms with E-state index in [4.69, 9.17) is 9.32 Å². The highest BCUT2D eigenvalue weighted by molar-refractivity contribution is 7.92. The predicted octanol–water partition coefficient (Wildman–Crippen LogP) is 5.46. The fourth-order valence-corrected chi connectivity index (χ4v) is 5.08. The first-order valence-corrected chi connectivity index (χ1v) is 9.27. The lowest BCUT2D eigenvalue weighted by atomic mass is 9.63. The largest absolute Gasteiger partial charge is 0.410 e. The van der Waals surface area contributed by atoms with Crippen molar-refractivity contribution in [2.75, 3.05) is 0 Å². The summed E-state index contributed by atoms with van der Waals surface area (Å²) in [6, 6.07) is 0. The van der Waals surface area contributed by atoms with E-state index in [1.807, 2.05) is 11.6 Å². The van der Waals surface area contributed by atoms with Gasteiger partial charge in [-0.15, -0.1) is 0 Å². The van der Waals surface area contributed by atoms with Gasteiger partial charge in [-0.25, -0.2) is 5.14 Å². The standard InChI is InChI=1S/C19H27NOS/c1-3-4-16(21-22-20)12-14-6-9-18-15(11-14)7-10-17-13(2)5-8-19(17)18/h3-4,12,15,18-19H,1,5-11,20H2,2H3/b14-12-,16-4+. The van der Waals surface area contributed by atoms with E-state index in [2.05, 4.69) is 19.6 Å². The van der Waals surface area contributed by atoms with Gasteiger partial charge < -0.3 is 4.18 Å². The van der Waals surface area contributed by atoms with Gasteiger partial charge in [0.25, 0.3) is 0 Å². The summed E-state index contributed by atoms with van der Waals surface area (Å²) in [5, 5.41) is 5.43. The molecule has 0 amide bonds. The van der Waals surface area contributed by atoms with Crippen molar-refractivity contribution >= 4 is 12.2 Å². The molecule has 3 unspecified atom stereocenters. The second kappa shape index (κ2) is 7.10. The van der Waals surface area contributed by atoms with Gasteiger partial charge in [0, 0.05) is 0 Å². The average molecular weight is 317 g/mol. The molecule has 0 aromatic heterocycles. The lowest BCUT2D eigenvalue weighted by molar-refractivity contribution is 0.167. The van der Waals surface area contributed by atoms with Crippen molar-refractivity contribution in [2.24, 2.45) is 22.9 Å². The van der Waals surface area contributed by atoms with Gasteiger partial charge in [0.15, 0.2) is 0 Å². The van der Waals surface area contributed by atoms with E-state index < -0.39 is 0 Å². The van der Waals surface area contributed by atoms with Crippen molar-refractivity contribution in [1.29, 1.82) is 0 Å². The van der Waals surface area contributed by atoms with Gasteiger partial charge in [-0.2, -0.15) is 0 Å². The Morgan fingerprint density at radius 2 is 2.14 bits per heavy atom. The molecule has 3 heteroatoms. The summed E-state index contributed by atoms with van der Waals surface area (Å²) in [6.07, 6.45) is 15.1. The Morgan fingerprint density at radius 3 is 2.91 bits per heavy atom. The second-order valence-electron chi connectivity index (χ2n) is 6.94. The molecule has 3 aliphatic rings. The molecule has 22 heavy (non-hydrogen) atoms. The van der Waals surface area contributed by atoms with Crippen LogP contribution in [0.1, 0.15) is 51.9 Å². The summed E-state index contributed by atoms with van der Waals surface area (Å²) >= 11 is 0.907. The normalized spacial score (nSPS) is 33.6. The van der Waals surface area contributed by atoms with E-state index in [0.717, 1.165) is 35.7 Å². The molecule has 2 fully saturated rings. The lowest BCUT2D eigenvalue weighted by Gasteiger charge is -2.42. The van der Waals surface area contributed by atoms with Gasteiger partial charge in [0.2, 0.25) is 0 Å². The fraction of sp³-hybridized carbons (Fsp3) is 0.579. The minimum atomic E-state index is 0.823. The summed E-state index contributed by atoms with van der Waals surface area (Å²) in [6.45, 7) is 6.10. The van der Waals surface area contributed by atoms with E-state index in [-0.39, 0.29) is 0 Å². The van der Waals surface area contributed by atoms with Gasteiger partial charge in [0.1, 0.15) is 18.0 Å². The highest BCUT2D eigenvalue weighted by atomic mass is 32.2. The minimum absolute atomic E-state index is 0.823. The van der Waals surface area contributed by atoms with Gasteiger partial charge in [-0.1, -0.05) is 29.4 Å². The first kappa shape index (κ1) is 15.9. The van der Waals surface area contributed by atoms with Crippen LogP contribution < -0.4 is 5.14 Å². The Kier molecular flexibility index (Phi) is 5.14. The van der Waals surface area contributed by atoms with Gasteiger partial charge in [0.05, 0.1) is 0 Å². The molecule has 120 valence electrons. The van der Waals surface area contributed by atoms with Crippen molar-refractivity contribution in [2.45, 2.75) is 51.9 Å². The summed E-state index contributed by atoms with van der Waals surface area (Å²) < 4.78 is 5.41. The Labute approximate surface area is 138 Å². The van der Waals surface area contributed by atoms with E-state index in [9.17, 15) is 0 Å². The minimum Gasteiger partial charge on any atom is -0.410 e. The molecule has 0 radical (unpaired) electrons. The monoisotopic (exact) mass is 317 g/mol. The number of hydrogen-bond donors (Lipinski definition) is 1. The predicted molar refractivity (Wildman–Crippen MR) is 94.7 cm³/mol. The number of nitrogens with two attached hydrogens (primary N) is 1. The van der Waals surface area contributed by atoms with Crippen LogP contribution >= 0.6 is 12.2 Å². The zero-order chi connectivity index (χ0) is 15.5. The molecule has 2 saturated carbocycles. The molecular formula is C19H27NOS. The third kappa shape index (κ3) is 3.21. The molecule has 0 aromatic rings. The van der Waals surface area contributed by atoms with E-state index in [1.165, 1.54) is 50.5 Å².